The number of rotatable bonds is 5. The van der Waals surface area contributed by atoms with Gasteiger partial charge in [-0.05, 0) is 6.92 Å². The summed E-state index contributed by atoms with van der Waals surface area (Å²) in [5, 5.41) is 7.03. The summed E-state index contributed by atoms with van der Waals surface area (Å²) in [6, 6.07) is 0. The Balaban J connectivity index is 2.19. The second kappa shape index (κ2) is 5.20. The van der Waals surface area contributed by atoms with Gasteiger partial charge in [-0.25, -0.2) is 0 Å². The standard InChI is InChI=1S/C9H14F3N3O/c1-7-8(5-15(2)14-7)13-3-4-16-6-9(10,11)12/h5,13H,3-4,6H2,1-2H3. The van der Waals surface area contributed by atoms with Gasteiger partial charge in [-0.15, -0.1) is 0 Å². The largest absolute Gasteiger partial charge is 0.411 e. The Morgan fingerprint density at radius 2 is 2.19 bits per heavy atom. The zero-order valence-corrected chi connectivity index (χ0v) is 9.14. The molecule has 0 amide bonds. The molecule has 0 bridgehead atoms. The molecule has 1 aromatic heterocycles. The summed E-state index contributed by atoms with van der Waals surface area (Å²) in [5.41, 5.74) is 1.61. The first-order valence-corrected chi connectivity index (χ1v) is 4.77. The van der Waals surface area contributed by atoms with Crippen LogP contribution in [0.15, 0.2) is 6.20 Å². The first-order chi connectivity index (χ1) is 7.38. The average molecular weight is 237 g/mol. The van der Waals surface area contributed by atoms with Crippen molar-refractivity contribution >= 4 is 5.69 Å². The molecule has 0 aromatic carbocycles. The maximum Gasteiger partial charge on any atom is 0.411 e. The fourth-order valence-corrected chi connectivity index (χ4v) is 1.22. The number of halogens is 3. The highest BCUT2D eigenvalue weighted by molar-refractivity contribution is 5.45. The number of aryl methyl sites for hydroxylation is 2. The van der Waals surface area contributed by atoms with E-state index in [9.17, 15) is 13.2 Å². The molecule has 92 valence electrons. The Morgan fingerprint density at radius 1 is 1.50 bits per heavy atom. The lowest BCUT2D eigenvalue weighted by Gasteiger charge is -2.08. The van der Waals surface area contributed by atoms with Crippen LogP contribution in [0, 0.1) is 6.92 Å². The molecule has 16 heavy (non-hydrogen) atoms. The maximum atomic E-state index is 11.7. The number of alkyl halides is 3. The lowest BCUT2D eigenvalue weighted by molar-refractivity contribution is -0.172. The molecule has 0 spiro atoms. The van der Waals surface area contributed by atoms with Gasteiger partial charge in [0.25, 0.3) is 0 Å². The van der Waals surface area contributed by atoms with Crippen LogP contribution in [0.5, 0.6) is 0 Å². The van der Waals surface area contributed by atoms with Gasteiger partial charge < -0.3 is 10.1 Å². The number of hydrogen-bond acceptors (Lipinski definition) is 3. The Labute approximate surface area is 91.4 Å². The number of hydrogen-bond donors (Lipinski definition) is 1. The molecule has 1 aromatic rings. The van der Waals surface area contributed by atoms with Crippen molar-refractivity contribution < 1.29 is 17.9 Å². The molecule has 0 saturated carbocycles. The van der Waals surface area contributed by atoms with E-state index in [2.05, 4.69) is 15.2 Å². The van der Waals surface area contributed by atoms with Crippen LogP contribution in [0.25, 0.3) is 0 Å². The van der Waals surface area contributed by atoms with Gasteiger partial charge in [-0.1, -0.05) is 0 Å². The summed E-state index contributed by atoms with van der Waals surface area (Å²) in [6.45, 7) is 0.941. The molecule has 1 heterocycles. The van der Waals surface area contributed by atoms with Crippen LogP contribution in [-0.4, -0.2) is 35.7 Å². The zero-order chi connectivity index (χ0) is 12.2. The molecule has 0 fully saturated rings. The predicted octanol–water partition coefficient (Wildman–Crippen LogP) is 1.72. The van der Waals surface area contributed by atoms with Crippen molar-refractivity contribution in [1.82, 2.24) is 9.78 Å². The van der Waals surface area contributed by atoms with Crippen LogP contribution in [0.2, 0.25) is 0 Å². The van der Waals surface area contributed by atoms with Crippen LogP contribution >= 0.6 is 0 Å². The SMILES string of the molecule is Cc1nn(C)cc1NCCOCC(F)(F)F. The number of aromatic nitrogens is 2. The lowest BCUT2D eigenvalue weighted by Crippen LogP contribution is -2.20. The van der Waals surface area contributed by atoms with Gasteiger partial charge >= 0.3 is 6.18 Å². The number of nitrogens with one attached hydrogen (secondary N) is 1. The zero-order valence-electron chi connectivity index (χ0n) is 9.14. The van der Waals surface area contributed by atoms with Gasteiger partial charge in [-0.2, -0.15) is 18.3 Å². The fourth-order valence-electron chi connectivity index (χ4n) is 1.22. The van der Waals surface area contributed by atoms with Crippen LogP contribution in [0.1, 0.15) is 5.69 Å². The van der Waals surface area contributed by atoms with Crippen molar-refractivity contribution in [3.63, 3.8) is 0 Å². The fraction of sp³-hybridized carbons (Fsp3) is 0.667. The van der Waals surface area contributed by atoms with E-state index in [4.69, 9.17) is 0 Å². The molecule has 0 saturated heterocycles. The van der Waals surface area contributed by atoms with Gasteiger partial charge in [-0.3, -0.25) is 4.68 Å². The molecule has 0 radical (unpaired) electrons. The minimum absolute atomic E-state index is 0.00778. The summed E-state index contributed by atoms with van der Waals surface area (Å²) in [7, 11) is 1.78. The number of ether oxygens (including phenoxy) is 1. The normalized spacial score (nSPS) is 11.8. The Bertz CT molecular complexity index is 335. The first kappa shape index (κ1) is 12.8. The van der Waals surface area contributed by atoms with Crippen molar-refractivity contribution in [2.24, 2.45) is 7.05 Å². The molecule has 0 aliphatic heterocycles. The molecule has 0 unspecified atom stereocenters. The average Bonchev–Trinajstić information content (AvgIpc) is 2.42. The predicted molar refractivity (Wildman–Crippen MR) is 53.3 cm³/mol. The lowest BCUT2D eigenvalue weighted by atomic mass is 10.4. The van der Waals surface area contributed by atoms with Crippen LogP contribution in [0.3, 0.4) is 0 Å². The first-order valence-electron chi connectivity index (χ1n) is 4.77. The smallest absolute Gasteiger partial charge is 0.380 e. The van der Waals surface area contributed by atoms with E-state index in [0.717, 1.165) is 11.4 Å². The molecule has 4 nitrogen and oxygen atoms in total. The summed E-state index contributed by atoms with van der Waals surface area (Å²) in [5.74, 6) is 0. The molecular formula is C9H14F3N3O. The number of nitrogens with zero attached hydrogens (tertiary/aromatic N) is 2. The Kier molecular flexibility index (Phi) is 4.17. The third-order valence-corrected chi connectivity index (χ3v) is 1.84. The molecule has 1 rings (SSSR count). The highest BCUT2D eigenvalue weighted by Crippen LogP contribution is 2.14. The summed E-state index contributed by atoms with van der Waals surface area (Å²) in [4.78, 5) is 0. The maximum absolute atomic E-state index is 11.7. The second-order valence-corrected chi connectivity index (χ2v) is 3.40. The van der Waals surface area contributed by atoms with Crippen molar-refractivity contribution in [2.45, 2.75) is 13.1 Å². The highest BCUT2D eigenvalue weighted by Gasteiger charge is 2.27. The quantitative estimate of drug-likeness (QED) is 0.792. The van der Waals surface area contributed by atoms with Gasteiger partial charge in [0.05, 0.1) is 18.0 Å². The van der Waals surface area contributed by atoms with E-state index in [1.54, 1.807) is 17.9 Å². The molecule has 1 N–H and O–H groups in total. The minimum Gasteiger partial charge on any atom is -0.380 e. The van der Waals surface area contributed by atoms with Crippen molar-refractivity contribution in [1.29, 1.82) is 0 Å². The van der Waals surface area contributed by atoms with E-state index in [0.29, 0.717) is 6.54 Å². The summed E-state index contributed by atoms with van der Waals surface area (Å²) < 4.78 is 41.2. The number of anilines is 1. The van der Waals surface area contributed by atoms with Crippen molar-refractivity contribution in [3.05, 3.63) is 11.9 Å². The second-order valence-electron chi connectivity index (χ2n) is 3.40. The molecule has 0 aliphatic carbocycles. The molecule has 0 atom stereocenters. The third kappa shape index (κ3) is 4.52. The Hall–Kier alpha value is -1.24. The topological polar surface area (TPSA) is 39.1 Å². The van der Waals surface area contributed by atoms with Crippen molar-refractivity contribution in [3.8, 4) is 0 Å². The van der Waals surface area contributed by atoms with E-state index in [1.807, 2.05) is 6.92 Å². The van der Waals surface area contributed by atoms with E-state index in [1.165, 1.54) is 0 Å². The molecule has 0 aliphatic rings. The Morgan fingerprint density at radius 3 is 2.69 bits per heavy atom. The van der Waals surface area contributed by atoms with Crippen LogP contribution in [-0.2, 0) is 11.8 Å². The van der Waals surface area contributed by atoms with E-state index in [-0.39, 0.29) is 6.61 Å². The summed E-state index contributed by atoms with van der Waals surface area (Å²) >= 11 is 0. The van der Waals surface area contributed by atoms with Crippen LogP contribution in [0.4, 0.5) is 18.9 Å². The minimum atomic E-state index is -4.26. The summed E-state index contributed by atoms with van der Waals surface area (Å²) in [6.07, 6.45) is -2.50. The van der Waals surface area contributed by atoms with Crippen molar-refractivity contribution in [2.75, 3.05) is 25.1 Å². The van der Waals surface area contributed by atoms with E-state index >= 15 is 0 Å². The third-order valence-electron chi connectivity index (χ3n) is 1.84. The van der Waals surface area contributed by atoms with Crippen LogP contribution < -0.4 is 5.32 Å². The van der Waals surface area contributed by atoms with Gasteiger partial charge in [0, 0.05) is 19.8 Å². The highest BCUT2D eigenvalue weighted by atomic mass is 19.4. The molecular weight excluding hydrogens is 223 g/mol. The van der Waals surface area contributed by atoms with Gasteiger partial charge in [0.1, 0.15) is 6.61 Å². The molecule has 7 heteroatoms. The van der Waals surface area contributed by atoms with Gasteiger partial charge in [0.2, 0.25) is 0 Å². The monoisotopic (exact) mass is 237 g/mol. The van der Waals surface area contributed by atoms with Gasteiger partial charge in [0.15, 0.2) is 0 Å². The van der Waals surface area contributed by atoms with E-state index < -0.39 is 12.8 Å².